The van der Waals surface area contributed by atoms with Crippen molar-refractivity contribution in [3.05, 3.63) is 107 Å². The fraction of sp³-hybridized carbons (Fsp3) is 0.129. The number of fused-ring (bicyclic) bond motifs is 1. The lowest BCUT2D eigenvalue weighted by atomic mass is 10.00. The Balaban J connectivity index is 1.29. The van der Waals surface area contributed by atoms with Crippen LogP contribution in [0.15, 0.2) is 84.9 Å². The molecule has 0 saturated heterocycles. The molecule has 39 heavy (non-hydrogen) atoms. The largest absolute Gasteiger partial charge is 0.506 e. The number of aryl methyl sites for hydroxylation is 1. The molecule has 4 aromatic carbocycles. The van der Waals surface area contributed by atoms with Crippen molar-refractivity contribution in [3.63, 3.8) is 0 Å². The van der Waals surface area contributed by atoms with Gasteiger partial charge in [0, 0.05) is 29.3 Å². The van der Waals surface area contributed by atoms with Gasteiger partial charge in [0.05, 0.1) is 12.2 Å². The third-order valence-corrected chi connectivity index (χ3v) is 6.31. The molecule has 0 spiro atoms. The molecule has 1 unspecified atom stereocenters. The van der Waals surface area contributed by atoms with Crippen molar-refractivity contribution < 1.29 is 28.9 Å². The molecule has 0 aliphatic carbocycles. The number of benzene rings is 4. The van der Waals surface area contributed by atoms with E-state index in [0.717, 1.165) is 11.1 Å². The highest BCUT2D eigenvalue weighted by molar-refractivity contribution is 6.04. The molecular weight excluding hydrogens is 496 g/mol. The van der Waals surface area contributed by atoms with E-state index in [1.54, 1.807) is 30.3 Å². The second kappa shape index (κ2) is 11.0. The standard InChI is InChI=1S/C31H24N2O6/c1-19-5-7-20(8-6-19)22-3-2-4-24(15-22)33-30(34)21-9-11-25(12-10-21)38-28-17-29-26(16-23(28)18-32)27(13-14-37-29)39-31(35)36/h2-12,15-17,27H,13-14H2,1H3,(H,33,34)(H,35,36). The number of anilines is 1. The summed E-state index contributed by atoms with van der Waals surface area (Å²) in [6, 6.07) is 27.5. The van der Waals surface area contributed by atoms with Crippen molar-refractivity contribution in [2.24, 2.45) is 0 Å². The summed E-state index contributed by atoms with van der Waals surface area (Å²) in [5.74, 6) is 0.785. The Bertz CT molecular complexity index is 1570. The second-order valence-corrected chi connectivity index (χ2v) is 9.03. The normalized spacial score (nSPS) is 13.8. The number of nitrogens with one attached hydrogen (secondary N) is 1. The summed E-state index contributed by atoms with van der Waals surface area (Å²) in [7, 11) is 0. The van der Waals surface area contributed by atoms with Crippen molar-refractivity contribution in [1.29, 1.82) is 5.26 Å². The quantitative estimate of drug-likeness (QED) is 0.260. The van der Waals surface area contributed by atoms with E-state index in [4.69, 9.17) is 19.3 Å². The minimum atomic E-state index is -1.39. The molecule has 1 amide bonds. The molecule has 0 bridgehead atoms. The van der Waals surface area contributed by atoms with Crippen LogP contribution in [0.2, 0.25) is 0 Å². The third kappa shape index (κ3) is 5.84. The molecule has 1 atom stereocenters. The predicted molar refractivity (Wildman–Crippen MR) is 144 cm³/mol. The SMILES string of the molecule is Cc1ccc(-c2cccc(NC(=O)c3ccc(Oc4cc5c(cc4C#N)C(OC(=O)O)CCO5)cc3)c2)cc1. The van der Waals surface area contributed by atoms with Crippen molar-refractivity contribution in [3.8, 4) is 34.4 Å². The van der Waals surface area contributed by atoms with E-state index in [1.807, 2.05) is 55.5 Å². The van der Waals surface area contributed by atoms with Crippen molar-refractivity contribution in [1.82, 2.24) is 0 Å². The molecule has 0 saturated carbocycles. The van der Waals surface area contributed by atoms with Crippen LogP contribution < -0.4 is 14.8 Å². The van der Waals surface area contributed by atoms with Gasteiger partial charge in [0.1, 0.15) is 29.4 Å². The highest BCUT2D eigenvalue weighted by atomic mass is 16.7. The van der Waals surface area contributed by atoms with Gasteiger partial charge >= 0.3 is 6.16 Å². The number of hydrogen-bond donors (Lipinski definition) is 2. The molecule has 5 rings (SSSR count). The van der Waals surface area contributed by atoms with Crippen molar-refractivity contribution in [2.45, 2.75) is 19.4 Å². The molecule has 1 heterocycles. The topological polar surface area (TPSA) is 118 Å². The lowest BCUT2D eigenvalue weighted by Gasteiger charge is -2.25. The number of nitriles is 1. The highest BCUT2D eigenvalue weighted by Gasteiger charge is 2.27. The number of carbonyl (C=O) groups excluding carboxylic acids is 1. The van der Waals surface area contributed by atoms with E-state index >= 15 is 0 Å². The summed E-state index contributed by atoms with van der Waals surface area (Å²) in [4.78, 5) is 23.9. The molecule has 1 aliphatic rings. The number of hydrogen-bond acceptors (Lipinski definition) is 6. The van der Waals surface area contributed by atoms with E-state index in [2.05, 4.69) is 11.4 Å². The average Bonchev–Trinajstić information content (AvgIpc) is 2.93. The van der Waals surface area contributed by atoms with Crippen LogP contribution in [-0.4, -0.2) is 23.8 Å². The molecule has 2 N–H and O–H groups in total. The Morgan fingerprint density at radius 1 is 1.00 bits per heavy atom. The zero-order valence-electron chi connectivity index (χ0n) is 21.0. The molecule has 0 radical (unpaired) electrons. The van der Waals surface area contributed by atoms with Gasteiger partial charge in [-0.15, -0.1) is 0 Å². The predicted octanol–water partition coefficient (Wildman–Crippen LogP) is 7.10. The summed E-state index contributed by atoms with van der Waals surface area (Å²) in [6.07, 6.45) is -1.76. The fourth-order valence-corrected chi connectivity index (χ4v) is 4.33. The number of nitrogens with zero attached hydrogens (tertiary/aromatic N) is 1. The number of ether oxygens (including phenoxy) is 3. The Morgan fingerprint density at radius 3 is 2.49 bits per heavy atom. The summed E-state index contributed by atoms with van der Waals surface area (Å²) in [6.45, 7) is 2.31. The van der Waals surface area contributed by atoms with Crippen LogP contribution in [-0.2, 0) is 4.74 Å². The van der Waals surface area contributed by atoms with E-state index in [0.29, 0.717) is 34.7 Å². The van der Waals surface area contributed by atoms with Gasteiger partial charge in [-0.1, -0.05) is 42.0 Å². The summed E-state index contributed by atoms with van der Waals surface area (Å²) in [5, 5.41) is 21.6. The Morgan fingerprint density at radius 2 is 1.77 bits per heavy atom. The molecule has 8 heteroatoms. The van der Waals surface area contributed by atoms with Crippen LogP contribution in [0.3, 0.4) is 0 Å². The monoisotopic (exact) mass is 520 g/mol. The van der Waals surface area contributed by atoms with Gasteiger partial charge in [-0.05, 0) is 60.5 Å². The third-order valence-electron chi connectivity index (χ3n) is 6.31. The highest BCUT2D eigenvalue weighted by Crippen LogP contribution is 2.40. The van der Waals surface area contributed by atoms with Gasteiger partial charge in [-0.25, -0.2) is 4.79 Å². The second-order valence-electron chi connectivity index (χ2n) is 9.03. The average molecular weight is 521 g/mol. The summed E-state index contributed by atoms with van der Waals surface area (Å²) >= 11 is 0. The molecule has 8 nitrogen and oxygen atoms in total. The van der Waals surface area contributed by atoms with Gasteiger partial charge < -0.3 is 24.6 Å². The maximum absolute atomic E-state index is 12.9. The molecule has 0 aromatic heterocycles. The van der Waals surface area contributed by atoms with E-state index < -0.39 is 12.3 Å². The van der Waals surface area contributed by atoms with Gasteiger partial charge in [-0.3, -0.25) is 4.79 Å². The van der Waals surface area contributed by atoms with Gasteiger partial charge in [0.2, 0.25) is 0 Å². The zero-order valence-corrected chi connectivity index (χ0v) is 21.0. The van der Waals surface area contributed by atoms with Crippen LogP contribution in [0.1, 0.15) is 39.6 Å². The smallest absolute Gasteiger partial charge is 0.493 e. The molecule has 1 aliphatic heterocycles. The first-order valence-electron chi connectivity index (χ1n) is 12.3. The number of carboxylic acid groups (broad SMARTS) is 1. The van der Waals surface area contributed by atoms with Crippen LogP contribution in [0.25, 0.3) is 11.1 Å². The van der Waals surface area contributed by atoms with Crippen LogP contribution >= 0.6 is 0 Å². The number of rotatable bonds is 6. The number of carbonyl (C=O) groups is 2. The maximum Gasteiger partial charge on any atom is 0.506 e. The van der Waals surface area contributed by atoms with Crippen molar-refractivity contribution >= 4 is 17.7 Å². The Hall–Kier alpha value is -5.29. The van der Waals surface area contributed by atoms with E-state index in [9.17, 15) is 14.9 Å². The number of amides is 1. The molecule has 0 fully saturated rings. The zero-order chi connectivity index (χ0) is 27.4. The lowest BCUT2D eigenvalue weighted by Crippen LogP contribution is -2.19. The molecule has 194 valence electrons. The van der Waals surface area contributed by atoms with Crippen LogP contribution in [0.5, 0.6) is 17.2 Å². The first-order valence-corrected chi connectivity index (χ1v) is 12.3. The molecule has 4 aromatic rings. The van der Waals surface area contributed by atoms with Crippen molar-refractivity contribution in [2.75, 3.05) is 11.9 Å². The maximum atomic E-state index is 12.9. The molecular formula is C31H24N2O6. The first-order chi connectivity index (χ1) is 18.9. The Labute approximate surface area is 225 Å². The summed E-state index contributed by atoms with van der Waals surface area (Å²) < 4.78 is 16.5. The van der Waals surface area contributed by atoms with E-state index in [-0.39, 0.29) is 23.8 Å². The minimum absolute atomic E-state index is 0.202. The van der Waals surface area contributed by atoms with Gasteiger partial charge in [0.25, 0.3) is 5.91 Å². The Kier molecular flexibility index (Phi) is 7.15. The van der Waals surface area contributed by atoms with Gasteiger partial charge in [-0.2, -0.15) is 5.26 Å². The van der Waals surface area contributed by atoms with Gasteiger partial charge in [0.15, 0.2) is 0 Å². The first kappa shape index (κ1) is 25.4. The summed E-state index contributed by atoms with van der Waals surface area (Å²) in [5.41, 5.74) is 5.03. The fourth-order valence-electron chi connectivity index (χ4n) is 4.33. The van der Waals surface area contributed by atoms with Crippen LogP contribution in [0, 0.1) is 18.3 Å². The van der Waals surface area contributed by atoms with Crippen LogP contribution in [0.4, 0.5) is 10.5 Å². The van der Waals surface area contributed by atoms with E-state index in [1.165, 1.54) is 11.6 Å². The minimum Gasteiger partial charge on any atom is -0.493 e. The lowest BCUT2D eigenvalue weighted by molar-refractivity contribution is 0.0326.